The second-order valence-corrected chi connectivity index (χ2v) is 5.36. The van der Waals surface area contributed by atoms with Gasteiger partial charge in [-0.05, 0) is 25.5 Å². The molecular formula is C11H18NO3P. The van der Waals surface area contributed by atoms with Crippen molar-refractivity contribution in [3.63, 3.8) is 0 Å². The van der Waals surface area contributed by atoms with Gasteiger partial charge in [0.05, 0.1) is 19.4 Å². The van der Waals surface area contributed by atoms with Gasteiger partial charge in [-0.1, -0.05) is 18.2 Å². The van der Waals surface area contributed by atoms with E-state index in [1.54, 1.807) is 19.9 Å². The van der Waals surface area contributed by atoms with E-state index in [1.165, 1.54) is 0 Å². The van der Waals surface area contributed by atoms with Gasteiger partial charge in [0.2, 0.25) is 0 Å². The first-order chi connectivity index (χ1) is 7.61. The van der Waals surface area contributed by atoms with Crippen LogP contribution in [-0.2, 0) is 19.8 Å². The molecule has 0 amide bonds. The largest absolute Gasteiger partial charge is 0.398 e. The lowest BCUT2D eigenvalue weighted by Crippen LogP contribution is -2.01. The van der Waals surface area contributed by atoms with Crippen molar-refractivity contribution in [2.75, 3.05) is 18.9 Å². The Morgan fingerprint density at radius 3 is 2.25 bits per heavy atom. The topological polar surface area (TPSA) is 61.5 Å². The number of hydrogen-bond acceptors (Lipinski definition) is 4. The summed E-state index contributed by atoms with van der Waals surface area (Å²) in [6.45, 7) is 4.31. The second-order valence-electron chi connectivity index (χ2n) is 3.30. The molecule has 16 heavy (non-hydrogen) atoms. The first-order valence-corrected chi connectivity index (χ1v) is 7.05. The molecule has 0 heterocycles. The summed E-state index contributed by atoms with van der Waals surface area (Å²) in [6, 6.07) is 7.30. The van der Waals surface area contributed by atoms with Crippen LogP contribution < -0.4 is 5.73 Å². The van der Waals surface area contributed by atoms with Crippen LogP contribution in [0.4, 0.5) is 5.69 Å². The van der Waals surface area contributed by atoms with Crippen molar-refractivity contribution < 1.29 is 13.6 Å². The number of rotatable bonds is 6. The first-order valence-electron chi connectivity index (χ1n) is 5.33. The Labute approximate surface area is 96.3 Å². The molecule has 1 aromatic carbocycles. The highest BCUT2D eigenvalue weighted by atomic mass is 31.2. The number of para-hydroxylation sites is 1. The smallest absolute Gasteiger partial charge is 0.335 e. The molecule has 1 rings (SSSR count). The maximum atomic E-state index is 12.2. The monoisotopic (exact) mass is 243 g/mol. The van der Waals surface area contributed by atoms with Crippen molar-refractivity contribution in [1.29, 1.82) is 0 Å². The van der Waals surface area contributed by atoms with Crippen LogP contribution in [0.5, 0.6) is 0 Å². The van der Waals surface area contributed by atoms with E-state index >= 15 is 0 Å². The van der Waals surface area contributed by atoms with Crippen LogP contribution >= 0.6 is 7.60 Å². The zero-order valence-electron chi connectivity index (χ0n) is 9.68. The Morgan fingerprint density at radius 1 is 1.19 bits per heavy atom. The SMILES string of the molecule is CCOP(=O)(Cc1ccccc1N)OCC. The fraction of sp³-hybridized carbons (Fsp3) is 0.455. The second kappa shape index (κ2) is 6.04. The van der Waals surface area contributed by atoms with Crippen LogP contribution in [0, 0.1) is 0 Å². The first kappa shape index (κ1) is 13.2. The third-order valence-electron chi connectivity index (χ3n) is 2.07. The fourth-order valence-electron chi connectivity index (χ4n) is 1.41. The minimum Gasteiger partial charge on any atom is -0.398 e. The average Bonchev–Trinajstić information content (AvgIpc) is 2.22. The van der Waals surface area contributed by atoms with Crippen LogP contribution in [0.1, 0.15) is 19.4 Å². The minimum atomic E-state index is -3.05. The normalized spacial score (nSPS) is 11.6. The zero-order chi connectivity index (χ0) is 12.0. The van der Waals surface area contributed by atoms with Gasteiger partial charge in [0.1, 0.15) is 0 Å². The van der Waals surface area contributed by atoms with E-state index < -0.39 is 7.60 Å². The molecule has 0 fully saturated rings. The van der Waals surface area contributed by atoms with Crippen LogP contribution in [0.2, 0.25) is 0 Å². The van der Waals surface area contributed by atoms with Crippen molar-refractivity contribution in [1.82, 2.24) is 0 Å². The van der Waals surface area contributed by atoms with E-state index in [0.717, 1.165) is 5.56 Å². The molecule has 0 radical (unpaired) electrons. The standard InChI is InChI=1S/C11H18NO3P/c1-3-14-16(13,15-4-2)9-10-7-5-6-8-11(10)12/h5-8H,3-4,9,12H2,1-2H3. The molecule has 0 unspecified atom stereocenters. The van der Waals surface area contributed by atoms with Crippen molar-refractivity contribution >= 4 is 13.3 Å². The lowest BCUT2D eigenvalue weighted by atomic mass is 10.2. The molecule has 0 saturated heterocycles. The van der Waals surface area contributed by atoms with Gasteiger partial charge >= 0.3 is 7.60 Å². The fourth-order valence-corrected chi connectivity index (χ4v) is 3.16. The van der Waals surface area contributed by atoms with Crippen LogP contribution in [0.25, 0.3) is 0 Å². The molecule has 0 saturated carbocycles. The summed E-state index contributed by atoms with van der Waals surface area (Å²) in [5, 5.41) is 0. The number of benzene rings is 1. The van der Waals surface area contributed by atoms with Crippen molar-refractivity contribution in [3.8, 4) is 0 Å². The summed E-state index contributed by atoms with van der Waals surface area (Å²) in [7, 11) is -3.05. The Hall–Kier alpha value is -0.830. The molecular weight excluding hydrogens is 225 g/mol. The molecule has 1 aromatic rings. The molecule has 0 bridgehead atoms. The number of nitrogen functional groups attached to an aromatic ring is 1. The van der Waals surface area contributed by atoms with E-state index in [-0.39, 0.29) is 6.16 Å². The molecule has 90 valence electrons. The van der Waals surface area contributed by atoms with Crippen molar-refractivity contribution in [3.05, 3.63) is 29.8 Å². The molecule has 2 N–H and O–H groups in total. The van der Waals surface area contributed by atoms with E-state index in [4.69, 9.17) is 14.8 Å². The zero-order valence-corrected chi connectivity index (χ0v) is 10.6. The molecule has 0 spiro atoms. The van der Waals surface area contributed by atoms with E-state index in [2.05, 4.69) is 0 Å². The quantitative estimate of drug-likeness (QED) is 0.616. The Balaban J connectivity index is 2.83. The highest BCUT2D eigenvalue weighted by Gasteiger charge is 2.24. The van der Waals surface area contributed by atoms with Crippen molar-refractivity contribution in [2.45, 2.75) is 20.0 Å². The molecule has 5 heteroatoms. The highest BCUT2D eigenvalue weighted by Crippen LogP contribution is 2.51. The summed E-state index contributed by atoms with van der Waals surface area (Å²) in [5.41, 5.74) is 7.20. The van der Waals surface area contributed by atoms with E-state index in [9.17, 15) is 4.57 Å². The highest BCUT2D eigenvalue weighted by molar-refractivity contribution is 7.53. The lowest BCUT2D eigenvalue weighted by Gasteiger charge is -2.17. The molecule has 0 aromatic heterocycles. The lowest BCUT2D eigenvalue weighted by molar-refractivity contribution is 0.219. The van der Waals surface area contributed by atoms with Gasteiger partial charge in [-0.3, -0.25) is 4.57 Å². The van der Waals surface area contributed by atoms with Crippen LogP contribution in [-0.4, -0.2) is 13.2 Å². The van der Waals surface area contributed by atoms with Gasteiger partial charge in [-0.15, -0.1) is 0 Å². The Kier molecular flexibility index (Phi) is 5.00. The molecule has 0 aliphatic rings. The summed E-state index contributed by atoms with van der Waals surface area (Å²) in [5.74, 6) is 0. The number of hydrogen-bond donors (Lipinski definition) is 1. The van der Waals surface area contributed by atoms with Crippen LogP contribution in [0.3, 0.4) is 0 Å². The van der Waals surface area contributed by atoms with Gasteiger partial charge in [0.15, 0.2) is 0 Å². The maximum Gasteiger partial charge on any atom is 0.335 e. The molecule has 0 atom stereocenters. The van der Waals surface area contributed by atoms with Crippen molar-refractivity contribution in [2.24, 2.45) is 0 Å². The third kappa shape index (κ3) is 3.63. The van der Waals surface area contributed by atoms with Gasteiger partial charge in [-0.25, -0.2) is 0 Å². The summed E-state index contributed by atoms with van der Waals surface area (Å²) in [6.07, 6.45) is 0.224. The summed E-state index contributed by atoms with van der Waals surface area (Å²) >= 11 is 0. The Morgan fingerprint density at radius 2 is 1.75 bits per heavy atom. The summed E-state index contributed by atoms with van der Waals surface area (Å²) < 4.78 is 22.6. The van der Waals surface area contributed by atoms with Gasteiger partial charge < -0.3 is 14.8 Å². The van der Waals surface area contributed by atoms with E-state index in [1.807, 2.05) is 18.2 Å². The van der Waals surface area contributed by atoms with Gasteiger partial charge in [0, 0.05) is 5.69 Å². The maximum absolute atomic E-state index is 12.2. The predicted octanol–water partition coefficient (Wildman–Crippen LogP) is 3.03. The van der Waals surface area contributed by atoms with Gasteiger partial charge in [0.25, 0.3) is 0 Å². The molecule has 0 aliphatic heterocycles. The minimum absolute atomic E-state index is 0.224. The van der Waals surface area contributed by atoms with Gasteiger partial charge in [-0.2, -0.15) is 0 Å². The predicted molar refractivity (Wildman–Crippen MR) is 65.4 cm³/mol. The van der Waals surface area contributed by atoms with Crippen LogP contribution in [0.15, 0.2) is 24.3 Å². The molecule has 4 nitrogen and oxygen atoms in total. The number of anilines is 1. The molecule has 0 aliphatic carbocycles. The summed E-state index contributed by atoms with van der Waals surface area (Å²) in [4.78, 5) is 0. The van der Waals surface area contributed by atoms with E-state index in [0.29, 0.717) is 18.9 Å². The number of nitrogens with two attached hydrogens (primary N) is 1. The third-order valence-corrected chi connectivity index (χ3v) is 4.10. The Bertz CT molecular complexity index is 371. The average molecular weight is 243 g/mol.